The van der Waals surface area contributed by atoms with Gasteiger partial charge in [0.15, 0.2) is 16.8 Å². The van der Waals surface area contributed by atoms with Crippen LogP contribution in [0.5, 0.6) is 5.88 Å². The van der Waals surface area contributed by atoms with Crippen LogP contribution in [-0.4, -0.2) is 42.4 Å². The van der Waals surface area contributed by atoms with Gasteiger partial charge in [-0.3, -0.25) is 4.72 Å². The molecule has 0 radical (unpaired) electrons. The maximum atomic E-state index is 13.8. The Bertz CT molecular complexity index is 924. The van der Waals surface area contributed by atoms with Crippen LogP contribution < -0.4 is 9.46 Å². The van der Waals surface area contributed by atoms with Crippen molar-refractivity contribution in [1.82, 2.24) is 14.3 Å². The average molecular weight is 416 g/mol. The summed E-state index contributed by atoms with van der Waals surface area (Å²) in [5, 5.41) is 0.186. The number of ether oxygens (including phenoxy) is 1. The summed E-state index contributed by atoms with van der Waals surface area (Å²) in [5.41, 5.74) is 0.160. The van der Waals surface area contributed by atoms with Crippen LogP contribution in [-0.2, 0) is 16.0 Å². The first-order chi connectivity index (χ1) is 12.9. The number of hydrogen-bond donors (Lipinski definition) is 1. The van der Waals surface area contributed by atoms with Gasteiger partial charge >= 0.3 is 10.2 Å². The molecule has 0 aliphatic carbocycles. The molecular weight excluding hydrogens is 398 g/mol. The fourth-order valence-electron chi connectivity index (χ4n) is 2.27. The second-order valence-corrected chi connectivity index (χ2v) is 8.28. The van der Waals surface area contributed by atoms with Gasteiger partial charge in [0, 0.05) is 30.5 Å². The number of nitrogens with zero attached hydrogens (tertiary/aromatic N) is 3. The molecule has 146 valence electrons. The topological polar surface area (TPSA) is 84.4 Å². The molecule has 1 aromatic carbocycles. The summed E-state index contributed by atoms with van der Waals surface area (Å²) < 4.78 is 60.6. The lowest BCUT2D eigenvalue weighted by Crippen LogP contribution is -2.45. The van der Waals surface area contributed by atoms with E-state index in [-0.39, 0.29) is 28.2 Å². The van der Waals surface area contributed by atoms with Crippen LogP contribution in [0.4, 0.5) is 14.6 Å². The fourth-order valence-corrected chi connectivity index (χ4v) is 4.33. The molecule has 0 saturated carbocycles. The standard InChI is InChI=1S/C16H18F2N4O3S2/c1-2-25-14-9-13(21-27(23,24)22-7-4-8-22)19-16(20-14)26-10-11-5-3-6-12(17)15(11)18/h3,5-6,9H,2,4,7-8,10H2,1H3,(H,19,20,21). The monoisotopic (exact) mass is 416 g/mol. The predicted molar refractivity (Wildman–Crippen MR) is 97.9 cm³/mol. The van der Waals surface area contributed by atoms with E-state index in [4.69, 9.17) is 4.74 Å². The second-order valence-electron chi connectivity index (χ2n) is 5.67. The predicted octanol–water partition coefficient (Wildman–Crippen LogP) is 2.81. The molecule has 0 bridgehead atoms. The lowest BCUT2D eigenvalue weighted by atomic mass is 10.2. The van der Waals surface area contributed by atoms with Crippen LogP contribution in [0.25, 0.3) is 0 Å². The SMILES string of the molecule is CCOc1cc(NS(=O)(=O)N2CCC2)nc(SCc2cccc(F)c2F)n1. The first-order valence-electron chi connectivity index (χ1n) is 8.24. The first kappa shape index (κ1) is 19.8. The number of hydrogen-bond acceptors (Lipinski definition) is 6. The van der Waals surface area contributed by atoms with Crippen LogP contribution in [0, 0.1) is 11.6 Å². The summed E-state index contributed by atoms with van der Waals surface area (Å²) in [7, 11) is -3.69. The van der Waals surface area contributed by atoms with E-state index in [1.807, 2.05) is 0 Å². The molecule has 7 nitrogen and oxygen atoms in total. The van der Waals surface area contributed by atoms with Gasteiger partial charge in [0.1, 0.15) is 5.82 Å². The molecule has 1 aromatic heterocycles. The first-order valence-corrected chi connectivity index (χ1v) is 10.7. The number of nitrogens with one attached hydrogen (secondary N) is 1. The van der Waals surface area contributed by atoms with Crippen LogP contribution >= 0.6 is 11.8 Å². The third-order valence-electron chi connectivity index (χ3n) is 3.75. The van der Waals surface area contributed by atoms with Crippen molar-refractivity contribution in [2.45, 2.75) is 24.3 Å². The van der Waals surface area contributed by atoms with Crippen molar-refractivity contribution in [2.75, 3.05) is 24.4 Å². The molecule has 0 unspecified atom stereocenters. The molecule has 2 aromatic rings. The van der Waals surface area contributed by atoms with Gasteiger partial charge in [-0.25, -0.2) is 13.8 Å². The van der Waals surface area contributed by atoms with Crippen LogP contribution in [0.3, 0.4) is 0 Å². The minimum Gasteiger partial charge on any atom is -0.478 e. The smallest absolute Gasteiger partial charge is 0.302 e. The number of anilines is 1. The third kappa shape index (κ3) is 4.85. The number of thioether (sulfide) groups is 1. The third-order valence-corrected chi connectivity index (χ3v) is 6.16. The van der Waals surface area contributed by atoms with Crippen molar-refractivity contribution in [3.8, 4) is 5.88 Å². The van der Waals surface area contributed by atoms with Crippen molar-refractivity contribution >= 4 is 27.8 Å². The molecule has 1 N–H and O–H groups in total. The van der Waals surface area contributed by atoms with Crippen molar-refractivity contribution < 1.29 is 21.9 Å². The maximum Gasteiger partial charge on any atom is 0.302 e. The minimum atomic E-state index is -3.69. The normalized spacial score (nSPS) is 14.6. The van der Waals surface area contributed by atoms with Gasteiger partial charge < -0.3 is 4.74 Å². The number of aromatic nitrogens is 2. The molecule has 1 aliphatic heterocycles. The Kier molecular flexibility index (Phi) is 6.12. The molecule has 11 heteroatoms. The molecule has 0 spiro atoms. The van der Waals surface area contributed by atoms with Crippen LogP contribution in [0.1, 0.15) is 18.9 Å². The van der Waals surface area contributed by atoms with Crippen molar-refractivity contribution in [3.63, 3.8) is 0 Å². The maximum absolute atomic E-state index is 13.8. The summed E-state index contributed by atoms with van der Waals surface area (Å²) in [4.78, 5) is 8.31. The van der Waals surface area contributed by atoms with E-state index in [0.29, 0.717) is 19.7 Å². The molecule has 2 heterocycles. The van der Waals surface area contributed by atoms with Crippen molar-refractivity contribution in [1.29, 1.82) is 0 Å². The highest BCUT2D eigenvalue weighted by Crippen LogP contribution is 2.26. The molecule has 1 aliphatic rings. The van der Waals surface area contributed by atoms with Gasteiger partial charge in [-0.2, -0.15) is 17.7 Å². The molecule has 1 saturated heterocycles. The average Bonchev–Trinajstić information content (AvgIpc) is 2.54. The molecule has 3 rings (SSSR count). The summed E-state index contributed by atoms with van der Waals surface area (Å²) in [5.74, 6) is -1.53. The lowest BCUT2D eigenvalue weighted by molar-refractivity contribution is 0.311. The quantitative estimate of drug-likeness (QED) is 0.526. The zero-order chi connectivity index (χ0) is 19.4. The molecule has 1 fully saturated rings. The fraction of sp³-hybridized carbons (Fsp3) is 0.375. The molecular formula is C16H18F2N4O3S2. The van der Waals surface area contributed by atoms with Gasteiger partial charge in [0.05, 0.1) is 6.61 Å². The number of benzene rings is 1. The molecule has 27 heavy (non-hydrogen) atoms. The Balaban J connectivity index is 1.79. The number of halogens is 2. The largest absolute Gasteiger partial charge is 0.478 e. The summed E-state index contributed by atoms with van der Waals surface area (Å²) >= 11 is 1.05. The Morgan fingerprint density at radius 3 is 2.74 bits per heavy atom. The zero-order valence-corrected chi connectivity index (χ0v) is 16.1. The second kappa shape index (κ2) is 8.36. The van der Waals surface area contributed by atoms with Gasteiger partial charge in [-0.15, -0.1) is 0 Å². The highest BCUT2D eigenvalue weighted by atomic mass is 32.2. The summed E-state index contributed by atoms with van der Waals surface area (Å²) in [6, 6.07) is 5.30. The summed E-state index contributed by atoms with van der Waals surface area (Å²) in [6.45, 7) is 3.01. The molecule has 0 amide bonds. The van der Waals surface area contributed by atoms with Crippen LogP contribution in [0.15, 0.2) is 29.4 Å². The minimum absolute atomic E-state index is 0.0579. The highest BCUT2D eigenvalue weighted by molar-refractivity contribution is 7.98. The van der Waals surface area contributed by atoms with Crippen molar-refractivity contribution in [3.05, 3.63) is 41.5 Å². The van der Waals surface area contributed by atoms with Crippen molar-refractivity contribution in [2.24, 2.45) is 0 Å². The van der Waals surface area contributed by atoms with Crippen LogP contribution in [0.2, 0.25) is 0 Å². The van der Waals surface area contributed by atoms with Gasteiger partial charge in [-0.05, 0) is 19.4 Å². The Morgan fingerprint density at radius 2 is 2.07 bits per heavy atom. The van der Waals surface area contributed by atoms with E-state index in [1.165, 1.54) is 22.5 Å². The van der Waals surface area contributed by atoms with Gasteiger partial charge in [-0.1, -0.05) is 23.9 Å². The van der Waals surface area contributed by atoms with E-state index in [9.17, 15) is 17.2 Å². The van der Waals surface area contributed by atoms with E-state index >= 15 is 0 Å². The van der Waals surface area contributed by atoms with Gasteiger partial charge in [0.2, 0.25) is 5.88 Å². The summed E-state index contributed by atoms with van der Waals surface area (Å²) in [6.07, 6.45) is 0.815. The van der Waals surface area contributed by atoms with E-state index in [0.717, 1.165) is 24.2 Å². The molecule has 0 atom stereocenters. The Hall–Kier alpha value is -1.98. The Labute approximate surface area is 160 Å². The Morgan fingerprint density at radius 1 is 1.30 bits per heavy atom. The lowest BCUT2D eigenvalue weighted by Gasteiger charge is -2.29. The zero-order valence-electron chi connectivity index (χ0n) is 14.5. The van der Waals surface area contributed by atoms with E-state index in [1.54, 1.807) is 6.92 Å². The highest BCUT2D eigenvalue weighted by Gasteiger charge is 2.28. The van der Waals surface area contributed by atoms with E-state index < -0.39 is 21.8 Å². The number of rotatable bonds is 8. The van der Waals surface area contributed by atoms with E-state index in [2.05, 4.69) is 14.7 Å². The van der Waals surface area contributed by atoms with Gasteiger partial charge in [0.25, 0.3) is 0 Å².